The van der Waals surface area contributed by atoms with Crippen molar-refractivity contribution in [1.29, 1.82) is 0 Å². The second-order valence-corrected chi connectivity index (χ2v) is 10.3. The maximum absolute atomic E-state index is 13.8. The van der Waals surface area contributed by atoms with Crippen molar-refractivity contribution in [3.05, 3.63) is 54.1 Å². The van der Waals surface area contributed by atoms with Gasteiger partial charge in [0.05, 0.1) is 0 Å². The molecule has 1 amide bonds. The van der Waals surface area contributed by atoms with Gasteiger partial charge >= 0.3 is 0 Å². The SMILES string of the molecule is Cc1cccc(-c2ocnc2C(=O)N2CC(c3nncn3CC3CC3)C3(CCCCC3)C2)c1. The third-order valence-electron chi connectivity index (χ3n) is 7.94. The van der Waals surface area contributed by atoms with Gasteiger partial charge in [-0.1, -0.05) is 43.0 Å². The molecular weight excluding hydrogens is 414 g/mol. The Kier molecular flexibility index (Phi) is 5.07. The Morgan fingerprint density at radius 2 is 2.06 bits per heavy atom. The number of hydrogen-bond donors (Lipinski definition) is 0. The van der Waals surface area contributed by atoms with Gasteiger partial charge in [-0.3, -0.25) is 4.79 Å². The Morgan fingerprint density at radius 1 is 1.21 bits per heavy atom. The zero-order valence-corrected chi connectivity index (χ0v) is 19.2. The van der Waals surface area contributed by atoms with Crippen molar-refractivity contribution < 1.29 is 9.21 Å². The number of carbonyl (C=O) groups is 1. The molecule has 7 heteroatoms. The van der Waals surface area contributed by atoms with Crippen LogP contribution in [0.25, 0.3) is 11.3 Å². The van der Waals surface area contributed by atoms with E-state index in [1.165, 1.54) is 38.5 Å². The zero-order chi connectivity index (χ0) is 22.4. The van der Waals surface area contributed by atoms with Gasteiger partial charge in [0.25, 0.3) is 5.91 Å². The van der Waals surface area contributed by atoms with Crippen LogP contribution in [0.2, 0.25) is 0 Å². The number of hydrogen-bond acceptors (Lipinski definition) is 5. The van der Waals surface area contributed by atoms with E-state index in [4.69, 9.17) is 4.42 Å². The predicted octanol–water partition coefficient (Wildman–Crippen LogP) is 4.84. The molecule has 33 heavy (non-hydrogen) atoms. The number of amides is 1. The van der Waals surface area contributed by atoms with E-state index in [0.29, 0.717) is 18.0 Å². The van der Waals surface area contributed by atoms with E-state index in [0.717, 1.165) is 48.8 Å². The molecule has 1 spiro atoms. The second kappa shape index (κ2) is 8.12. The molecule has 172 valence electrons. The molecule has 2 saturated carbocycles. The lowest BCUT2D eigenvalue weighted by Crippen LogP contribution is -2.35. The largest absolute Gasteiger partial charge is 0.443 e. The van der Waals surface area contributed by atoms with Gasteiger partial charge in [0.15, 0.2) is 17.8 Å². The normalized spacial score (nSPS) is 22.2. The topological polar surface area (TPSA) is 77.1 Å². The number of aromatic nitrogens is 4. The molecule has 6 rings (SSSR count). The van der Waals surface area contributed by atoms with Gasteiger partial charge in [-0.2, -0.15) is 0 Å². The molecule has 1 unspecified atom stereocenters. The summed E-state index contributed by atoms with van der Waals surface area (Å²) in [7, 11) is 0. The van der Waals surface area contributed by atoms with Crippen molar-refractivity contribution >= 4 is 5.91 Å². The minimum absolute atomic E-state index is 0.0408. The van der Waals surface area contributed by atoms with E-state index in [1.807, 2.05) is 42.4 Å². The van der Waals surface area contributed by atoms with E-state index in [2.05, 4.69) is 19.7 Å². The van der Waals surface area contributed by atoms with Crippen molar-refractivity contribution in [2.24, 2.45) is 11.3 Å². The summed E-state index contributed by atoms with van der Waals surface area (Å²) >= 11 is 0. The number of oxazole rings is 1. The molecule has 1 aliphatic heterocycles. The Hall–Kier alpha value is -2.96. The quantitative estimate of drug-likeness (QED) is 0.561. The van der Waals surface area contributed by atoms with E-state index >= 15 is 0 Å². The highest BCUT2D eigenvalue weighted by molar-refractivity contribution is 5.98. The molecular formula is C26H31N5O2. The number of rotatable bonds is 5. The number of carbonyl (C=O) groups excluding carboxylic acids is 1. The summed E-state index contributed by atoms with van der Waals surface area (Å²) in [6.07, 6.45) is 11.9. The lowest BCUT2D eigenvalue weighted by molar-refractivity contribution is 0.0753. The molecule has 0 N–H and O–H groups in total. The van der Waals surface area contributed by atoms with Crippen LogP contribution >= 0.6 is 0 Å². The third-order valence-corrected chi connectivity index (χ3v) is 7.94. The molecule has 2 aliphatic carbocycles. The van der Waals surface area contributed by atoms with Crippen molar-refractivity contribution in [3.8, 4) is 11.3 Å². The van der Waals surface area contributed by atoms with Gasteiger partial charge in [0.2, 0.25) is 0 Å². The summed E-state index contributed by atoms with van der Waals surface area (Å²) in [4.78, 5) is 20.1. The van der Waals surface area contributed by atoms with Gasteiger partial charge in [0, 0.05) is 31.1 Å². The smallest absolute Gasteiger partial charge is 0.276 e. The van der Waals surface area contributed by atoms with Crippen molar-refractivity contribution in [2.45, 2.75) is 64.3 Å². The van der Waals surface area contributed by atoms with Gasteiger partial charge in [0.1, 0.15) is 12.2 Å². The fourth-order valence-electron chi connectivity index (χ4n) is 6.03. The average molecular weight is 446 g/mol. The second-order valence-electron chi connectivity index (χ2n) is 10.3. The van der Waals surface area contributed by atoms with Gasteiger partial charge in [-0.05, 0) is 50.0 Å². The Morgan fingerprint density at radius 3 is 2.85 bits per heavy atom. The predicted molar refractivity (Wildman–Crippen MR) is 124 cm³/mol. The average Bonchev–Trinajstić information content (AvgIpc) is 3.20. The third kappa shape index (κ3) is 3.77. The maximum atomic E-state index is 13.8. The van der Waals surface area contributed by atoms with Crippen LogP contribution in [0.4, 0.5) is 0 Å². The highest BCUT2D eigenvalue weighted by Crippen LogP contribution is 2.52. The lowest BCUT2D eigenvalue weighted by Gasteiger charge is -2.37. The van der Waals surface area contributed by atoms with Crippen LogP contribution < -0.4 is 0 Å². The molecule has 1 aromatic carbocycles. The van der Waals surface area contributed by atoms with Crippen LogP contribution in [0.5, 0.6) is 0 Å². The van der Waals surface area contributed by atoms with Crippen LogP contribution in [0, 0.1) is 18.3 Å². The first kappa shape index (κ1) is 20.6. The molecule has 0 bridgehead atoms. The summed E-state index contributed by atoms with van der Waals surface area (Å²) in [5.74, 6) is 2.56. The molecule has 3 fully saturated rings. The fraction of sp³-hybridized carbons (Fsp3) is 0.538. The van der Waals surface area contributed by atoms with Crippen molar-refractivity contribution in [3.63, 3.8) is 0 Å². The van der Waals surface area contributed by atoms with Crippen molar-refractivity contribution in [2.75, 3.05) is 13.1 Å². The summed E-state index contributed by atoms with van der Waals surface area (Å²) in [5, 5.41) is 8.89. The highest BCUT2D eigenvalue weighted by atomic mass is 16.3. The maximum Gasteiger partial charge on any atom is 0.276 e. The number of aryl methyl sites for hydroxylation is 1. The molecule has 2 aromatic heterocycles. The summed E-state index contributed by atoms with van der Waals surface area (Å²) in [6.45, 7) is 4.47. The fourth-order valence-corrected chi connectivity index (χ4v) is 6.03. The molecule has 3 heterocycles. The number of likely N-dealkylation sites (tertiary alicyclic amines) is 1. The minimum Gasteiger partial charge on any atom is -0.443 e. The van der Waals surface area contributed by atoms with E-state index < -0.39 is 0 Å². The first-order valence-corrected chi connectivity index (χ1v) is 12.3. The van der Waals surface area contributed by atoms with Gasteiger partial charge < -0.3 is 13.9 Å². The Balaban J connectivity index is 1.32. The van der Waals surface area contributed by atoms with Gasteiger partial charge in [-0.15, -0.1) is 10.2 Å². The van der Waals surface area contributed by atoms with Gasteiger partial charge in [-0.25, -0.2) is 4.98 Å². The highest BCUT2D eigenvalue weighted by Gasteiger charge is 2.51. The monoisotopic (exact) mass is 445 g/mol. The van der Waals surface area contributed by atoms with Crippen LogP contribution in [-0.2, 0) is 6.54 Å². The summed E-state index contributed by atoms with van der Waals surface area (Å²) in [5.41, 5.74) is 2.50. The minimum atomic E-state index is -0.0408. The molecule has 7 nitrogen and oxygen atoms in total. The Labute approximate surface area is 194 Å². The molecule has 3 aliphatic rings. The molecule has 3 aromatic rings. The van der Waals surface area contributed by atoms with Crippen LogP contribution in [0.3, 0.4) is 0 Å². The summed E-state index contributed by atoms with van der Waals surface area (Å²) < 4.78 is 7.97. The number of benzene rings is 1. The molecule has 1 atom stereocenters. The first-order chi connectivity index (χ1) is 16.1. The van der Waals surface area contributed by atoms with E-state index in [-0.39, 0.29) is 17.2 Å². The van der Waals surface area contributed by atoms with E-state index in [9.17, 15) is 4.79 Å². The zero-order valence-electron chi connectivity index (χ0n) is 19.2. The number of nitrogens with zero attached hydrogens (tertiary/aromatic N) is 5. The molecule has 1 saturated heterocycles. The first-order valence-electron chi connectivity index (χ1n) is 12.3. The van der Waals surface area contributed by atoms with Crippen molar-refractivity contribution in [1.82, 2.24) is 24.6 Å². The van der Waals surface area contributed by atoms with Crippen LogP contribution in [-0.4, -0.2) is 43.6 Å². The molecule has 0 radical (unpaired) electrons. The van der Waals surface area contributed by atoms with Crippen LogP contribution in [0.1, 0.15) is 72.7 Å². The standard InChI is InChI=1S/C26H31N5O2/c1-18-6-5-7-20(12-18)23-22(27-17-33-23)25(32)30-14-21(26(15-30)10-3-2-4-11-26)24-29-28-16-31(24)13-19-8-9-19/h5-7,12,16-17,19,21H,2-4,8-11,13-15H2,1H3. The van der Waals surface area contributed by atoms with E-state index in [1.54, 1.807) is 0 Å². The summed E-state index contributed by atoms with van der Waals surface area (Å²) in [6, 6.07) is 8.03. The van der Waals surface area contributed by atoms with Crippen LogP contribution in [0.15, 0.2) is 41.4 Å². The Bertz CT molecular complexity index is 1150. The lowest BCUT2D eigenvalue weighted by atomic mass is 9.67.